The van der Waals surface area contributed by atoms with E-state index in [2.05, 4.69) is 0 Å². The number of rotatable bonds is 3. The largest absolute Gasteiger partial charge is 0.507 e. The number of aliphatic carboxylic acids is 1. The number of carbonyl (C=O) groups excluding carboxylic acids is 1. The Balaban J connectivity index is 2.27. The molecule has 1 aromatic rings. The lowest BCUT2D eigenvalue weighted by Gasteiger charge is -2.32. The van der Waals surface area contributed by atoms with Gasteiger partial charge in [0.15, 0.2) is 0 Å². The van der Waals surface area contributed by atoms with Crippen molar-refractivity contribution < 1.29 is 24.5 Å². The Morgan fingerprint density at radius 3 is 2.80 bits per heavy atom. The predicted molar refractivity (Wildman–Crippen MR) is 74.4 cm³/mol. The SMILES string of the molecule is COc1ccc(C(=O)N2CCSCC2C(=O)O)c(O)c1. The molecule has 1 saturated heterocycles. The van der Waals surface area contributed by atoms with E-state index in [0.29, 0.717) is 23.8 Å². The third kappa shape index (κ3) is 2.82. The Morgan fingerprint density at radius 1 is 1.45 bits per heavy atom. The number of methoxy groups -OCH3 is 1. The quantitative estimate of drug-likeness (QED) is 0.867. The van der Waals surface area contributed by atoms with E-state index in [1.165, 1.54) is 35.9 Å². The van der Waals surface area contributed by atoms with Crippen molar-refractivity contribution in [2.24, 2.45) is 0 Å². The highest BCUT2D eigenvalue weighted by molar-refractivity contribution is 7.99. The van der Waals surface area contributed by atoms with Gasteiger partial charge in [-0.1, -0.05) is 0 Å². The minimum absolute atomic E-state index is 0.0870. The zero-order chi connectivity index (χ0) is 14.7. The van der Waals surface area contributed by atoms with Crippen LogP contribution >= 0.6 is 11.8 Å². The molecule has 0 spiro atoms. The highest BCUT2D eigenvalue weighted by atomic mass is 32.2. The fourth-order valence-electron chi connectivity index (χ4n) is 2.03. The zero-order valence-electron chi connectivity index (χ0n) is 10.9. The molecule has 0 aliphatic carbocycles. The first-order valence-corrected chi connectivity index (χ1v) is 7.18. The number of ether oxygens (including phenoxy) is 1. The molecule has 0 aromatic heterocycles. The molecule has 1 unspecified atom stereocenters. The number of amides is 1. The number of nitrogens with zero attached hydrogens (tertiary/aromatic N) is 1. The summed E-state index contributed by atoms with van der Waals surface area (Å²) in [6.07, 6.45) is 0. The van der Waals surface area contributed by atoms with Gasteiger partial charge in [-0.3, -0.25) is 4.79 Å². The van der Waals surface area contributed by atoms with Gasteiger partial charge in [-0.15, -0.1) is 0 Å². The minimum atomic E-state index is -1.03. The highest BCUT2D eigenvalue weighted by Gasteiger charge is 2.33. The van der Waals surface area contributed by atoms with Crippen LogP contribution in [0.2, 0.25) is 0 Å². The first-order valence-electron chi connectivity index (χ1n) is 6.03. The van der Waals surface area contributed by atoms with Crippen LogP contribution in [0.3, 0.4) is 0 Å². The zero-order valence-corrected chi connectivity index (χ0v) is 11.7. The van der Waals surface area contributed by atoms with Crippen molar-refractivity contribution in [2.75, 3.05) is 25.2 Å². The fourth-order valence-corrected chi connectivity index (χ4v) is 3.06. The smallest absolute Gasteiger partial charge is 0.327 e. The summed E-state index contributed by atoms with van der Waals surface area (Å²) in [4.78, 5) is 24.9. The summed E-state index contributed by atoms with van der Waals surface area (Å²) in [5, 5.41) is 19.0. The number of aromatic hydroxyl groups is 1. The number of phenolic OH excluding ortho intramolecular Hbond substituents is 1. The van der Waals surface area contributed by atoms with E-state index in [4.69, 9.17) is 9.84 Å². The standard InChI is InChI=1S/C13H15NO5S/c1-19-8-2-3-9(11(15)6-8)12(16)14-4-5-20-7-10(14)13(17)18/h2-3,6,10,15H,4-5,7H2,1H3,(H,17,18). The summed E-state index contributed by atoms with van der Waals surface area (Å²) in [6, 6.07) is 3.48. The van der Waals surface area contributed by atoms with Crippen molar-refractivity contribution in [1.82, 2.24) is 4.90 Å². The highest BCUT2D eigenvalue weighted by Crippen LogP contribution is 2.27. The molecule has 1 aromatic carbocycles. The third-order valence-electron chi connectivity index (χ3n) is 3.11. The number of hydrogen-bond donors (Lipinski definition) is 2. The van der Waals surface area contributed by atoms with Gasteiger partial charge in [0.05, 0.1) is 12.7 Å². The molecule has 1 aliphatic rings. The average molecular weight is 297 g/mol. The van der Waals surface area contributed by atoms with Crippen molar-refractivity contribution in [3.63, 3.8) is 0 Å². The molecule has 0 saturated carbocycles. The van der Waals surface area contributed by atoms with Gasteiger partial charge in [-0.2, -0.15) is 11.8 Å². The molecule has 0 bridgehead atoms. The van der Waals surface area contributed by atoms with Crippen molar-refractivity contribution in [3.8, 4) is 11.5 Å². The van der Waals surface area contributed by atoms with Crippen LogP contribution in [0.5, 0.6) is 11.5 Å². The molecule has 6 nitrogen and oxygen atoms in total. The Labute approximate surface area is 120 Å². The van der Waals surface area contributed by atoms with E-state index in [1.54, 1.807) is 6.07 Å². The van der Waals surface area contributed by atoms with E-state index in [-0.39, 0.29) is 11.3 Å². The molecule has 1 aliphatic heterocycles. The van der Waals surface area contributed by atoms with E-state index < -0.39 is 17.9 Å². The molecule has 1 amide bonds. The van der Waals surface area contributed by atoms with Gasteiger partial charge in [-0.25, -0.2) is 4.79 Å². The van der Waals surface area contributed by atoms with Gasteiger partial charge in [0.1, 0.15) is 17.5 Å². The third-order valence-corrected chi connectivity index (χ3v) is 4.13. The molecule has 2 rings (SSSR count). The Bertz CT molecular complexity index is 533. The number of phenols is 1. The lowest BCUT2D eigenvalue weighted by molar-refractivity contribution is -0.141. The summed E-state index contributed by atoms with van der Waals surface area (Å²) in [6.45, 7) is 0.353. The maximum absolute atomic E-state index is 12.4. The lowest BCUT2D eigenvalue weighted by Crippen LogP contribution is -2.50. The summed E-state index contributed by atoms with van der Waals surface area (Å²) in [5.41, 5.74) is 0.0870. The van der Waals surface area contributed by atoms with Crippen LogP contribution in [0.25, 0.3) is 0 Å². The number of hydrogen-bond acceptors (Lipinski definition) is 5. The Hall–Kier alpha value is -1.89. The minimum Gasteiger partial charge on any atom is -0.507 e. The van der Waals surface area contributed by atoms with Crippen LogP contribution in [-0.4, -0.2) is 58.2 Å². The molecule has 7 heteroatoms. The second-order valence-corrected chi connectivity index (χ2v) is 5.46. The van der Waals surface area contributed by atoms with Crippen LogP contribution in [0, 0.1) is 0 Å². The molecule has 108 valence electrons. The van der Waals surface area contributed by atoms with E-state index in [0.717, 1.165) is 0 Å². The topological polar surface area (TPSA) is 87.1 Å². The van der Waals surface area contributed by atoms with Gasteiger partial charge >= 0.3 is 5.97 Å². The predicted octanol–water partition coefficient (Wildman–Crippen LogP) is 1.04. The number of carboxylic acid groups (broad SMARTS) is 1. The van der Waals surface area contributed by atoms with Crippen LogP contribution in [-0.2, 0) is 4.79 Å². The fraction of sp³-hybridized carbons (Fsp3) is 0.385. The maximum atomic E-state index is 12.4. The molecule has 2 N–H and O–H groups in total. The van der Waals surface area contributed by atoms with Crippen molar-refractivity contribution >= 4 is 23.6 Å². The van der Waals surface area contributed by atoms with Gasteiger partial charge < -0.3 is 19.8 Å². The lowest BCUT2D eigenvalue weighted by atomic mass is 10.1. The van der Waals surface area contributed by atoms with Crippen LogP contribution in [0.4, 0.5) is 0 Å². The summed E-state index contributed by atoms with van der Waals surface area (Å²) in [5.74, 6) is -0.235. The van der Waals surface area contributed by atoms with Gasteiger partial charge in [0, 0.05) is 24.1 Å². The summed E-state index contributed by atoms with van der Waals surface area (Å²) in [7, 11) is 1.46. The Kier molecular flexibility index (Phi) is 4.39. The maximum Gasteiger partial charge on any atom is 0.327 e. The van der Waals surface area contributed by atoms with Crippen molar-refractivity contribution in [3.05, 3.63) is 23.8 Å². The second-order valence-electron chi connectivity index (χ2n) is 4.31. The second kappa shape index (κ2) is 6.04. The van der Waals surface area contributed by atoms with Crippen molar-refractivity contribution in [2.45, 2.75) is 6.04 Å². The van der Waals surface area contributed by atoms with Crippen LogP contribution < -0.4 is 4.74 Å². The molecular formula is C13H15NO5S. The molecule has 1 atom stereocenters. The van der Waals surface area contributed by atoms with Gasteiger partial charge in [-0.05, 0) is 12.1 Å². The number of carbonyl (C=O) groups is 2. The van der Waals surface area contributed by atoms with Crippen molar-refractivity contribution in [1.29, 1.82) is 0 Å². The summed E-state index contributed by atoms with van der Waals surface area (Å²) >= 11 is 1.50. The number of benzene rings is 1. The normalized spacial score (nSPS) is 18.6. The Morgan fingerprint density at radius 2 is 2.20 bits per heavy atom. The van der Waals surface area contributed by atoms with E-state index in [9.17, 15) is 14.7 Å². The first kappa shape index (κ1) is 14.5. The average Bonchev–Trinajstić information content (AvgIpc) is 2.46. The molecule has 0 radical (unpaired) electrons. The van der Waals surface area contributed by atoms with Gasteiger partial charge in [0.2, 0.25) is 0 Å². The molecular weight excluding hydrogens is 282 g/mol. The summed E-state index contributed by atoms with van der Waals surface area (Å²) < 4.78 is 4.95. The monoisotopic (exact) mass is 297 g/mol. The van der Waals surface area contributed by atoms with E-state index >= 15 is 0 Å². The number of thioether (sulfide) groups is 1. The number of carboxylic acids is 1. The molecule has 1 heterocycles. The van der Waals surface area contributed by atoms with Crippen LogP contribution in [0.15, 0.2) is 18.2 Å². The van der Waals surface area contributed by atoms with Crippen LogP contribution in [0.1, 0.15) is 10.4 Å². The van der Waals surface area contributed by atoms with Gasteiger partial charge in [0.25, 0.3) is 5.91 Å². The molecule has 20 heavy (non-hydrogen) atoms. The van der Waals surface area contributed by atoms with E-state index in [1.807, 2.05) is 0 Å². The first-order chi connectivity index (χ1) is 9.54. The molecule has 1 fully saturated rings.